The summed E-state index contributed by atoms with van der Waals surface area (Å²) in [4.78, 5) is 13.6. The molecular weight excluding hydrogens is 669 g/mol. The lowest BCUT2D eigenvalue weighted by Gasteiger charge is -2.20. The number of hydrogen-bond donors (Lipinski definition) is 0. The number of pyridine rings is 2. The van der Waals surface area contributed by atoms with Gasteiger partial charge in [-0.05, 0) is 102 Å². The summed E-state index contributed by atoms with van der Waals surface area (Å²) < 4.78 is 2.37. The minimum Gasteiger partial charge on any atom is -0.309 e. The highest BCUT2D eigenvalue weighted by molar-refractivity contribution is 6.32. The van der Waals surface area contributed by atoms with E-state index in [1.807, 2.05) is 30.6 Å². The third-order valence-corrected chi connectivity index (χ3v) is 11.6. The molecule has 9 aromatic carbocycles. The summed E-state index contributed by atoms with van der Waals surface area (Å²) in [5.74, 6) is 0. The molecule has 3 aromatic heterocycles. The predicted molar refractivity (Wildman–Crippen MR) is 230 cm³/mol. The predicted octanol–water partition coefficient (Wildman–Crippen LogP) is 13.8. The molecule has 0 N–H and O–H groups in total. The minimum atomic E-state index is 0.656. The molecule has 0 unspecified atom stereocenters. The average molecular weight is 697 g/mol. The van der Waals surface area contributed by atoms with Crippen LogP contribution in [0.1, 0.15) is 0 Å². The van der Waals surface area contributed by atoms with Gasteiger partial charge in [-0.2, -0.15) is 0 Å². The number of aromatic nitrogens is 3. The molecule has 4 nitrogen and oxygen atoms in total. The van der Waals surface area contributed by atoms with E-state index in [0.717, 1.165) is 60.1 Å². The SMILES string of the molecule is [C-]#[N+]c1ccc2c3c1ccc1c(-c4c5ccccc5c(-c5cccc6ccccc56)c5ccccc45)ccc(c13)n2-c1cc2cccnc2c2ncccc12. The van der Waals surface area contributed by atoms with Crippen molar-refractivity contribution >= 4 is 92.4 Å². The minimum absolute atomic E-state index is 0.656. The lowest BCUT2D eigenvalue weighted by molar-refractivity contribution is 1.20. The first-order chi connectivity index (χ1) is 27.3. The van der Waals surface area contributed by atoms with Crippen molar-refractivity contribution in [2.24, 2.45) is 0 Å². The molecule has 55 heavy (non-hydrogen) atoms. The molecule has 0 atom stereocenters. The van der Waals surface area contributed by atoms with Gasteiger partial charge in [0.05, 0.1) is 34.3 Å². The zero-order chi connectivity index (χ0) is 36.2. The van der Waals surface area contributed by atoms with E-state index in [0.29, 0.717) is 5.69 Å². The highest BCUT2D eigenvalue weighted by Crippen LogP contribution is 2.50. The summed E-state index contributed by atoms with van der Waals surface area (Å²) in [7, 11) is 0. The van der Waals surface area contributed by atoms with Gasteiger partial charge in [0.1, 0.15) is 0 Å². The first-order valence-corrected chi connectivity index (χ1v) is 18.5. The van der Waals surface area contributed by atoms with Crippen molar-refractivity contribution in [1.82, 2.24) is 14.5 Å². The molecular formula is C51H28N4. The van der Waals surface area contributed by atoms with E-state index in [4.69, 9.17) is 16.5 Å². The van der Waals surface area contributed by atoms with Crippen LogP contribution in [0, 0.1) is 6.57 Å². The summed E-state index contributed by atoms with van der Waals surface area (Å²) in [5.41, 5.74) is 10.5. The molecule has 0 bridgehead atoms. The second kappa shape index (κ2) is 11.2. The van der Waals surface area contributed by atoms with E-state index in [9.17, 15) is 0 Å². The van der Waals surface area contributed by atoms with E-state index in [-0.39, 0.29) is 0 Å². The summed E-state index contributed by atoms with van der Waals surface area (Å²) in [6, 6.07) is 56.6. The zero-order valence-electron chi connectivity index (χ0n) is 29.5. The largest absolute Gasteiger partial charge is 0.309 e. The molecule has 3 heterocycles. The normalized spacial score (nSPS) is 12.0. The molecule has 0 spiro atoms. The first kappa shape index (κ1) is 29.9. The summed E-state index contributed by atoms with van der Waals surface area (Å²) in [6.45, 7) is 8.13. The van der Waals surface area contributed by atoms with E-state index in [1.165, 1.54) is 54.6 Å². The lowest BCUT2D eigenvalue weighted by atomic mass is 9.83. The fourth-order valence-electron chi connectivity index (χ4n) is 9.41. The molecule has 12 rings (SSSR count). The maximum Gasteiger partial charge on any atom is 0.195 e. The molecule has 0 aliphatic heterocycles. The third kappa shape index (κ3) is 4.04. The Balaban J connectivity index is 1.23. The van der Waals surface area contributed by atoms with E-state index in [1.54, 1.807) is 0 Å². The number of nitrogens with zero attached hydrogens (tertiary/aromatic N) is 4. The van der Waals surface area contributed by atoms with Crippen LogP contribution in [-0.2, 0) is 0 Å². The van der Waals surface area contributed by atoms with Crippen molar-refractivity contribution in [3.63, 3.8) is 0 Å². The second-order valence-electron chi connectivity index (χ2n) is 14.3. The lowest BCUT2D eigenvalue weighted by Crippen LogP contribution is -1.97. The molecule has 12 aromatic rings. The van der Waals surface area contributed by atoms with Crippen LogP contribution in [0.5, 0.6) is 0 Å². The van der Waals surface area contributed by atoms with Gasteiger partial charge in [0.15, 0.2) is 5.69 Å². The van der Waals surface area contributed by atoms with Crippen LogP contribution in [0.2, 0.25) is 0 Å². The number of rotatable bonds is 3. The van der Waals surface area contributed by atoms with Gasteiger partial charge in [-0.15, -0.1) is 0 Å². The number of fused-ring (bicyclic) bond motifs is 6. The fraction of sp³-hybridized carbons (Fsp3) is 0. The molecule has 0 aliphatic rings. The Hall–Kier alpha value is -7.61. The van der Waals surface area contributed by atoms with Gasteiger partial charge in [-0.1, -0.05) is 121 Å². The Morgan fingerprint density at radius 1 is 0.418 bits per heavy atom. The van der Waals surface area contributed by atoms with Gasteiger partial charge >= 0.3 is 0 Å². The molecule has 0 radical (unpaired) electrons. The maximum absolute atomic E-state index is 8.13. The van der Waals surface area contributed by atoms with Gasteiger partial charge in [-0.3, -0.25) is 9.97 Å². The Labute approximate surface area is 315 Å². The standard InChI is InChI=1S/C51H28N4/c1-52-42-24-26-44-49-40(42)22-21-39-38(23-25-43(48(39)49)55(44)45-29-31-13-9-27-53-50(31)51-41(45)20-10-28-54-51)47-36-17-6-4-15-34(36)46(35-16-5-7-18-37(35)47)33-19-8-12-30-11-2-3-14-32(30)33/h2-29H. The molecule has 0 amide bonds. The van der Waals surface area contributed by atoms with Crippen molar-refractivity contribution in [3.8, 4) is 27.9 Å². The Morgan fingerprint density at radius 3 is 1.69 bits per heavy atom. The molecule has 4 heteroatoms. The van der Waals surface area contributed by atoms with E-state index < -0.39 is 0 Å². The van der Waals surface area contributed by atoms with Crippen molar-refractivity contribution in [1.29, 1.82) is 0 Å². The van der Waals surface area contributed by atoms with Crippen molar-refractivity contribution in [2.45, 2.75) is 0 Å². The Kier molecular flexibility index (Phi) is 6.09. The monoisotopic (exact) mass is 696 g/mol. The van der Waals surface area contributed by atoms with Crippen LogP contribution in [0.3, 0.4) is 0 Å². The number of hydrogen-bond acceptors (Lipinski definition) is 2. The van der Waals surface area contributed by atoms with Crippen LogP contribution in [-0.4, -0.2) is 14.5 Å². The van der Waals surface area contributed by atoms with Gasteiger partial charge < -0.3 is 4.57 Å². The summed E-state index contributed by atoms with van der Waals surface area (Å²) >= 11 is 0. The van der Waals surface area contributed by atoms with E-state index in [2.05, 4.69) is 149 Å². The molecule has 0 fully saturated rings. The zero-order valence-corrected chi connectivity index (χ0v) is 29.5. The smallest absolute Gasteiger partial charge is 0.195 e. The van der Waals surface area contributed by atoms with Crippen LogP contribution < -0.4 is 0 Å². The van der Waals surface area contributed by atoms with Gasteiger partial charge in [0, 0.05) is 33.9 Å². The number of benzene rings is 9. The first-order valence-electron chi connectivity index (χ1n) is 18.5. The molecule has 0 saturated carbocycles. The van der Waals surface area contributed by atoms with E-state index >= 15 is 0 Å². The Morgan fingerprint density at radius 2 is 0.964 bits per heavy atom. The fourth-order valence-corrected chi connectivity index (χ4v) is 9.41. The second-order valence-corrected chi connectivity index (χ2v) is 14.3. The maximum atomic E-state index is 8.13. The highest BCUT2D eigenvalue weighted by Gasteiger charge is 2.24. The van der Waals surface area contributed by atoms with Crippen LogP contribution in [0.15, 0.2) is 170 Å². The summed E-state index contributed by atoms with van der Waals surface area (Å²) in [5, 5.41) is 13.8. The average Bonchev–Trinajstić information content (AvgIpc) is 3.59. The quantitative estimate of drug-likeness (QED) is 0.105. The van der Waals surface area contributed by atoms with Gasteiger partial charge in [-0.25, -0.2) is 4.85 Å². The van der Waals surface area contributed by atoms with Gasteiger partial charge in [0.25, 0.3) is 0 Å². The van der Waals surface area contributed by atoms with Gasteiger partial charge in [0.2, 0.25) is 0 Å². The molecule has 252 valence electrons. The Bertz CT molecular complexity index is 3560. The summed E-state index contributed by atoms with van der Waals surface area (Å²) in [6.07, 6.45) is 3.67. The van der Waals surface area contributed by atoms with Crippen molar-refractivity contribution in [3.05, 3.63) is 182 Å². The molecule has 0 saturated heterocycles. The highest BCUT2D eigenvalue weighted by atomic mass is 15.0. The van der Waals surface area contributed by atoms with Crippen molar-refractivity contribution in [2.75, 3.05) is 0 Å². The van der Waals surface area contributed by atoms with Crippen LogP contribution in [0.4, 0.5) is 5.69 Å². The van der Waals surface area contributed by atoms with Crippen molar-refractivity contribution < 1.29 is 0 Å². The topological polar surface area (TPSA) is 35.1 Å². The molecule has 0 aliphatic carbocycles. The van der Waals surface area contributed by atoms with Crippen LogP contribution >= 0.6 is 0 Å². The third-order valence-electron chi connectivity index (χ3n) is 11.6. The van der Waals surface area contributed by atoms with Crippen LogP contribution in [0.25, 0.3) is 119 Å².